The van der Waals surface area contributed by atoms with Crippen molar-refractivity contribution in [3.8, 4) is 0 Å². The van der Waals surface area contributed by atoms with Gasteiger partial charge in [0.25, 0.3) is 5.91 Å². The van der Waals surface area contributed by atoms with E-state index in [1.807, 2.05) is 31.2 Å². The Morgan fingerprint density at radius 3 is 2.65 bits per heavy atom. The lowest BCUT2D eigenvalue weighted by Gasteiger charge is -2.25. The molecule has 0 aromatic heterocycles. The van der Waals surface area contributed by atoms with E-state index >= 15 is 0 Å². The Bertz CT molecular complexity index is 520. The minimum Gasteiger partial charge on any atom is -0.466 e. The average molecular weight is 319 g/mol. The van der Waals surface area contributed by atoms with Crippen LogP contribution in [0, 0.1) is 6.92 Å². The summed E-state index contributed by atoms with van der Waals surface area (Å²) in [5.41, 5.74) is 1.75. The largest absolute Gasteiger partial charge is 0.466 e. The molecule has 1 aromatic carbocycles. The number of hydrogen-bond donors (Lipinski definition) is 0. The van der Waals surface area contributed by atoms with Crippen molar-refractivity contribution in [2.75, 3.05) is 26.3 Å². The second-order valence-electron chi connectivity index (χ2n) is 5.81. The van der Waals surface area contributed by atoms with Crippen molar-refractivity contribution < 1.29 is 19.1 Å². The number of hydrogen-bond acceptors (Lipinski definition) is 4. The van der Waals surface area contributed by atoms with Crippen LogP contribution in [0.5, 0.6) is 0 Å². The molecule has 1 aliphatic rings. The minimum absolute atomic E-state index is 0.0617. The second kappa shape index (κ2) is 8.67. The van der Waals surface area contributed by atoms with Gasteiger partial charge in [-0.2, -0.15) is 0 Å². The number of amides is 1. The molecular weight excluding hydrogens is 294 g/mol. The van der Waals surface area contributed by atoms with Gasteiger partial charge in [-0.3, -0.25) is 9.59 Å². The Morgan fingerprint density at radius 1 is 1.30 bits per heavy atom. The number of nitrogens with zero attached hydrogens (tertiary/aromatic N) is 1. The first-order valence-electron chi connectivity index (χ1n) is 8.23. The second-order valence-corrected chi connectivity index (χ2v) is 5.81. The molecular formula is C18H25NO4. The summed E-state index contributed by atoms with van der Waals surface area (Å²) >= 11 is 0. The van der Waals surface area contributed by atoms with Gasteiger partial charge in [-0.25, -0.2) is 0 Å². The Morgan fingerprint density at radius 2 is 2.04 bits per heavy atom. The topological polar surface area (TPSA) is 55.8 Å². The van der Waals surface area contributed by atoms with Crippen LogP contribution in [0.1, 0.15) is 42.1 Å². The smallest absolute Gasteiger partial charge is 0.307 e. The standard InChI is InChI=1S/C18H25NO4/c1-3-22-17(20)10-11-19(13-16-5-4-12-23-16)18(21)15-8-6-14(2)7-9-15/h6-9,16H,3-5,10-13H2,1-2H3. The molecule has 0 saturated carbocycles. The molecule has 126 valence electrons. The molecule has 2 rings (SSSR count). The highest BCUT2D eigenvalue weighted by molar-refractivity contribution is 5.94. The number of ether oxygens (including phenoxy) is 2. The monoisotopic (exact) mass is 319 g/mol. The van der Waals surface area contributed by atoms with Gasteiger partial charge >= 0.3 is 5.97 Å². The fraction of sp³-hybridized carbons (Fsp3) is 0.556. The molecule has 0 N–H and O–H groups in total. The molecule has 5 nitrogen and oxygen atoms in total. The van der Waals surface area contributed by atoms with Crippen LogP contribution >= 0.6 is 0 Å². The Labute approximate surface area is 137 Å². The summed E-state index contributed by atoms with van der Waals surface area (Å²) in [6.07, 6.45) is 2.25. The number of rotatable bonds is 7. The van der Waals surface area contributed by atoms with Crippen molar-refractivity contribution in [2.45, 2.75) is 39.2 Å². The lowest BCUT2D eigenvalue weighted by Crippen LogP contribution is -2.39. The van der Waals surface area contributed by atoms with Crippen molar-refractivity contribution in [1.29, 1.82) is 0 Å². The molecule has 1 amide bonds. The van der Waals surface area contributed by atoms with E-state index in [9.17, 15) is 9.59 Å². The lowest BCUT2D eigenvalue weighted by atomic mass is 10.1. The first-order chi connectivity index (χ1) is 11.1. The molecule has 1 atom stereocenters. The molecule has 0 aliphatic carbocycles. The quantitative estimate of drug-likeness (QED) is 0.725. The SMILES string of the molecule is CCOC(=O)CCN(CC1CCCO1)C(=O)c1ccc(C)cc1. The van der Waals surface area contributed by atoms with E-state index in [-0.39, 0.29) is 24.4 Å². The summed E-state index contributed by atoms with van der Waals surface area (Å²) in [5.74, 6) is -0.341. The maximum atomic E-state index is 12.7. The van der Waals surface area contributed by atoms with E-state index in [4.69, 9.17) is 9.47 Å². The zero-order valence-corrected chi connectivity index (χ0v) is 13.9. The van der Waals surface area contributed by atoms with Crippen molar-refractivity contribution in [1.82, 2.24) is 4.90 Å². The van der Waals surface area contributed by atoms with Gasteiger partial charge in [0.1, 0.15) is 0 Å². The Balaban J connectivity index is 2.02. The fourth-order valence-corrected chi connectivity index (χ4v) is 2.65. The van der Waals surface area contributed by atoms with Crippen LogP contribution in [0.4, 0.5) is 0 Å². The summed E-state index contributed by atoms with van der Waals surface area (Å²) in [6, 6.07) is 7.49. The van der Waals surface area contributed by atoms with Crippen LogP contribution < -0.4 is 0 Å². The van der Waals surface area contributed by atoms with E-state index < -0.39 is 0 Å². The van der Waals surface area contributed by atoms with E-state index in [0.717, 1.165) is 25.0 Å². The van der Waals surface area contributed by atoms with Crippen LogP contribution in [0.3, 0.4) is 0 Å². The van der Waals surface area contributed by atoms with Crippen LogP contribution in [0.25, 0.3) is 0 Å². The van der Waals surface area contributed by atoms with Crippen molar-refractivity contribution >= 4 is 11.9 Å². The zero-order chi connectivity index (χ0) is 16.7. The first kappa shape index (κ1) is 17.5. The number of carbonyl (C=O) groups excluding carboxylic acids is 2. The van der Waals surface area contributed by atoms with Gasteiger partial charge < -0.3 is 14.4 Å². The van der Waals surface area contributed by atoms with Crippen molar-refractivity contribution in [3.05, 3.63) is 35.4 Å². The number of benzene rings is 1. The normalized spacial score (nSPS) is 17.0. The molecule has 0 spiro atoms. The van der Waals surface area contributed by atoms with E-state index in [2.05, 4.69) is 0 Å². The van der Waals surface area contributed by atoms with Crippen LogP contribution in [-0.2, 0) is 14.3 Å². The third-order valence-corrected chi connectivity index (χ3v) is 3.92. The zero-order valence-electron chi connectivity index (χ0n) is 13.9. The highest BCUT2D eigenvalue weighted by Crippen LogP contribution is 2.16. The van der Waals surface area contributed by atoms with Gasteiger partial charge in [0.05, 0.1) is 19.1 Å². The minimum atomic E-state index is -0.276. The molecule has 1 aromatic rings. The predicted molar refractivity (Wildman–Crippen MR) is 87.3 cm³/mol. The molecule has 1 heterocycles. The van der Waals surface area contributed by atoms with Crippen molar-refractivity contribution in [3.63, 3.8) is 0 Å². The average Bonchev–Trinajstić information content (AvgIpc) is 3.05. The maximum absolute atomic E-state index is 12.7. The highest BCUT2D eigenvalue weighted by atomic mass is 16.5. The van der Waals surface area contributed by atoms with E-state index in [1.165, 1.54) is 0 Å². The maximum Gasteiger partial charge on any atom is 0.307 e. The molecule has 0 bridgehead atoms. The summed E-state index contributed by atoms with van der Waals surface area (Å²) in [4.78, 5) is 26.0. The van der Waals surface area contributed by atoms with Gasteiger partial charge in [-0.1, -0.05) is 17.7 Å². The summed E-state index contributed by atoms with van der Waals surface area (Å²) in [6.45, 7) is 5.74. The summed E-state index contributed by atoms with van der Waals surface area (Å²) < 4.78 is 10.6. The predicted octanol–water partition coefficient (Wildman–Crippen LogP) is 2.57. The Hall–Kier alpha value is -1.88. The first-order valence-corrected chi connectivity index (χ1v) is 8.23. The van der Waals surface area contributed by atoms with Gasteiger partial charge in [-0.15, -0.1) is 0 Å². The molecule has 0 radical (unpaired) electrons. The molecule has 5 heteroatoms. The Kier molecular flexibility index (Phi) is 6.59. The molecule has 1 saturated heterocycles. The van der Waals surface area contributed by atoms with Crippen LogP contribution in [0.15, 0.2) is 24.3 Å². The lowest BCUT2D eigenvalue weighted by molar-refractivity contribution is -0.143. The molecule has 1 unspecified atom stereocenters. The van der Waals surface area contributed by atoms with Gasteiger partial charge in [0.2, 0.25) is 0 Å². The van der Waals surface area contributed by atoms with E-state index in [1.54, 1.807) is 11.8 Å². The fourth-order valence-electron chi connectivity index (χ4n) is 2.65. The highest BCUT2D eigenvalue weighted by Gasteiger charge is 2.24. The number of aryl methyl sites for hydroxylation is 1. The third-order valence-electron chi connectivity index (χ3n) is 3.92. The summed E-state index contributed by atoms with van der Waals surface area (Å²) in [7, 11) is 0. The molecule has 23 heavy (non-hydrogen) atoms. The van der Waals surface area contributed by atoms with Crippen LogP contribution in [-0.4, -0.2) is 49.2 Å². The van der Waals surface area contributed by atoms with Gasteiger partial charge in [-0.05, 0) is 38.8 Å². The van der Waals surface area contributed by atoms with E-state index in [0.29, 0.717) is 25.3 Å². The number of carbonyl (C=O) groups is 2. The molecule has 1 fully saturated rings. The van der Waals surface area contributed by atoms with Gasteiger partial charge in [0.15, 0.2) is 0 Å². The third kappa shape index (κ3) is 5.36. The summed E-state index contributed by atoms with van der Waals surface area (Å²) in [5, 5.41) is 0. The van der Waals surface area contributed by atoms with Crippen LogP contribution in [0.2, 0.25) is 0 Å². The van der Waals surface area contributed by atoms with Gasteiger partial charge in [0, 0.05) is 25.3 Å². The molecule has 1 aliphatic heterocycles. The number of esters is 1. The van der Waals surface area contributed by atoms with Crippen molar-refractivity contribution in [2.24, 2.45) is 0 Å².